The molecule has 1 aliphatic heterocycles. The lowest BCUT2D eigenvalue weighted by Crippen LogP contribution is -2.49. The minimum absolute atomic E-state index is 0.249. The lowest BCUT2D eigenvalue weighted by molar-refractivity contribution is 0.0653. The van der Waals surface area contributed by atoms with Crippen LogP contribution in [0.1, 0.15) is 0 Å². The van der Waals surface area contributed by atoms with Gasteiger partial charge in [0.15, 0.2) is 11.5 Å². The van der Waals surface area contributed by atoms with Gasteiger partial charge < -0.3 is 24.2 Å². The van der Waals surface area contributed by atoms with E-state index in [9.17, 15) is 5.11 Å². The van der Waals surface area contributed by atoms with Gasteiger partial charge in [-0.05, 0) is 36.4 Å². The Bertz CT molecular complexity index is 700. The van der Waals surface area contributed by atoms with E-state index < -0.39 is 6.10 Å². The molecule has 1 aliphatic rings. The smallest absolute Gasteiger partial charge is 0.161 e. The first-order valence-corrected chi connectivity index (χ1v) is 9.25. The number of anilines is 1. The largest absolute Gasteiger partial charge is 0.497 e. The number of hydrogen-bond acceptors (Lipinski definition) is 6. The summed E-state index contributed by atoms with van der Waals surface area (Å²) in [5, 5.41) is 10.3. The Labute approximate surface area is 160 Å². The number of nitrogens with zero attached hydrogens (tertiary/aromatic N) is 2. The van der Waals surface area contributed by atoms with Crippen LogP contribution in [-0.2, 0) is 0 Å². The summed E-state index contributed by atoms with van der Waals surface area (Å²) < 4.78 is 16.2. The van der Waals surface area contributed by atoms with E-state index in [2.05, 4.69) is 21.9 Å². The highest BCUT2D eigenvalue weighted by molar-refractivity contribution is 5.49. The fourth-order valence-electron chi connectivity index (χ4n) is 3.26. The molecule has 2 aromatic rings. The predicted molar refractivity (Wildman–Crippen MR) is 106 cm³/mol. The van der Waals surface area contributed by atoms with Crippen LogP contribution in [0.2, 0.25) is 0 Å². The maximum absolute atomic E-state index is 10.3. The second kappa shape index (κ2) is 9.48. The molecule has 0 aliphatic carbocycles. The number of β-amino-alcohol motifs (C(OH)–C–C–N with tert-alkyl or cyclic N) is 1. The van der Waals surface area contributed by atoms with Gasteiger partial charge in [0.2, 0.25) is 0 Å². The minimum atomic E-state index is -0.539. The average Bonchev–Trinajstić information content (AvgIpc) is 2.73. The van der Waals surface area contributed by atoms with Crippen molar-refractivity contribution in [3.8, 4) is 17.2 Å². The van der Waals surface area contributed by atoms with E-state index in [1.165, 1.54) is 5.69 Å². The van der Waals surface area contributed by atoms with E-state index >= 15 is 0 Å². The van der Waals surface area contributed by atoms with Gasteiger partial charge in [0.1, 0.15) is 18.5 Å². The number of piperazine rings is 1. The van der Waals surface area contributed by atoms with Gasteiger partial charge in [0.25, 0.3) is 0 Å². The zero-order valence-corrected chi connectivity index (χ0v) is 16.0. The molecule has 6 nitrogen and oxygen atoms in total. The molecule has 146 valence electrons. The third-order valence-electron chi connectivity index (χ3n) is 4.78. The number of para-hydroxylation sites is 2. The lowest BCUT2D eigenvalue weighted by atomic mass is 10.2. The predicted octanol–water partition coefficient (Wildman–Crippen LogP) is 2.27. The average molecular weight is 372 g/mol. The molecule has 6 heteroatoms. The Kier molecular flexibility index (Phi) is 6.79. The van der Waals surface area contributed by atoms with Gasteiger partial charge in [0.05, 0.1) is 14.2 Å². The van der Waals surface area contributed by atoms with Crippen molar-refractivity contribution in [1.29, 1.82) is 0 Å². The summed E-state index contributed by atoms with van der Waals surface area (Å²) in [6.45, 7) is 4.55. The Morgan fingerprint density at radius 2 is 1.56 bits per heavy atom. The Balaban J connectivity index is 1.43. The van der Waals surface area contributed by atoms with Crippen LogP contribution in [0.4, 0.5) is 5.69 Å². The second-order valence-corrected chi connectivity index (χ2v) is 6.60. The first-order chi connectivity index (χ1) is 13.2. The number of rotatable bonds is 8. The van der Waals surface area contributed by atoms with Crippen molar-refractivity contribution in [3.05, 3.63) is 48.5 Å². The third kappa shape index (κ3) is 5.28. The summed E-state index contributed by atoms with van der Waals surface area (Å²) in [5.41, 5.74) is 1.20. The van der Waals surface area contributed by atoms with Crippen molar-refractivity contribution in [3.63, 3.8) is 0 Å². The van der Waals surface area contributed by atoms with Crippen LogP contribution in [0.25, 0.3) is 0 Å². The summed E-state index contributed by atoms with van der Waals surface area (Å²) in [5.74, 6) is 2.21. The topological polar surface area (TPSA) is 54.4 Å². The Morgan fingerprint density at radius 3 is 2.19 bits per heavy atom. The van der Waals surface area contributed by atoms with E-state index in [0.29, 0.717) is 18.0 Å². The van der Waals surface area contributed by atoms with Crippen molar-refractivity contribution in [2.45, 2.75) is 6.10 Å². The molecule has 3 rings (SSSR count). The molecule has 1 saturated heterocycles. The molecule has 0 amide bonds. The van der Waals surface area contributed by atoms with Gasteiger partial charge in [-0.1, -0.05) is 12.1 Å². The molecule has 2 aromatic carbocycles. The number of hydrogen-bond donors (Lipinski definition) is 1. The number of aliphatic hydroxyl groups excluding tert-OH is 1. The van der Waals surface area contributed by atoms with Crippen LogP contribution < -0.4 is 19.1 Å². The standard InChI is InChI=1S/C21H28N2O4/c1-25-19-9-7-17(8-10-19)23-13-11-22(12-14-23)15-18(24)16-27-21-6-4-3-5-20(21)26-2/h3-10,18,24H,11-16H2,1-2H3/t18-/m1/s1. The number of aliphatic hydroxyl groups is 1. The summed E-state index contributed by atoms with van der Waals surface area (Å²) in [6.07, 6.45) is -0.539. The maximum atomic E-state index is 10.3. The van der Waals surface area contributed by atoms with E-state index in [-0.39, 0.29) is 6.61 Å². The SMILES string of the molecule is COc1ccc(N2CCN(C[C@@H](O)COc3ccccc3OC)CC2)cc1. The van der Waals surface area contributed by atoms with Crippen molar-refractivity contribution in [2.24, 2.45) is 0 Å². The molecule has 1 fully saturated rings. The zero-order chi connectivity index (χ0) is 19.1. The molecule has 0 saturated carbocycles. The zero-order valence-electron chi connectivity index (χ0n) is 16.0. The van der Waals surface area contributed by atoms with Crippen molar-refractivity contribution < 1.29 is 19.3 Å². The summed E-state index contributed by atoms with van der Waals surface area (Å²) >= 11 is 0. The van der Waals surface area contributed by atoms with Crippen LogP contribution in [0.5, 0.6) is 17.2 Å². The molecule has 1 heterocycles. The van der Waals surface area contributed by atoms with Crippen molar-refractivity contribution in [2.75, 3.05) is 58.5 Å². The Morgan fingerprint density at radius 1 is 0.889 bits per heavy atom. The highest BCUT2D eigenvalue weighted by atomic mass is 16.5. The first-order valence-electron chi connectivity index (χ1n) is 9.25. The van der Waals surface area contributed by atoms with Gasteiger partial charge in [-0.2, -0.15) is 0 Å². The molecule has 1 atom stereocenters. The van der Waals surface area contributed by atoms with Crippen molar-refractivity contribution >= 4 is 5.69 Å². The fourth-order valence-corrected chi connectivity index (χ4v) is 3.26. The molecule has 1 N–H and O–H groups in total. The normalized spacial score (nSPS) is 16.0. The monoisotopic (exact) mass is 372 g/mol. The van der Waals surface area contributed by atoms with Crippen LogP contribution in [0, 0.1) is 0 Å². The molecule has 0 bridgehead atoms. The van der Waals surface area contributed by atoms with Gasteiger partial charge >= 0.3 is 0 Å². The molecule has 0 unspecified atom stereocenters. The van der Waals surface area contributed by atoms with E-state index in [1.54, 1.807) is 14.2 Å². The minimum Gasteiger partial charge on any atom is -0.497 e. The van der Waals surface area contributed by atoms with Crippen molar-refractivity contribution in [1.82, 2.24) is 4.90 Å². The van der Waals surface area contributed by atoms with Crippen LogP contribution >= 0.6 is 0 Å². The molecular formula is C21H28N2O4. The molecular weight excluding hydrogens is 344 g/mol. The molecule has 0 radical (unpaired) electrons. The molecule has 0 spiro atoms. The van der Waals surface area contributed by atoms with E-state index in [1.807, 2.05) is 36.4 Å². The lowest BCUT2D eigenvalue weighted by Gasteiger charge is -2.36. The van der Waals surface area contributed by atoms with E-state index in [4.69, 9.17) is 14.2 Å². The van der Waals surface area contributed by atoms with Gasteiger partial charge in [-0.15, -0.1) is 0 Å². The van der Waals surface area contributed by atoms with Crippen LogP contribution in [0.15, 0.2) is 48.5 Å². The second-order valence-electron chi connectivity index (χ2n) is 6.60. The molecule has 0 aromatic heterocycles. The third-order valence-corrected chi connectivity index (χ3v) is 4.78. The first kappa shape index (κ1) is 19.3. The number of methoxy groups -OCH3 is 2. The highest BCUT2D eigenvalue weighted by Gasteiger charge is 2.20. The number of benzene rings is 2. The number of ether oxygens (including phenoxy) is 3. The van der Waals surface area contributed by atoms with Gasteiger partial charge in [-0.25, -0.2) is 0 Å². The van der Waals surface area contributed by atoms with Crippen LogP contribution in [0.3, 0.4) is 0 Å². The highest BCUT2D eigenvalue weighted by Crippen LogP contribution is 2.26. The summed E-state index contributed by atoms with van der Waals surface area (Å²) in [4.78, 5) is 4.63. The molecule has 27 heavy (non-hydrogen) atoms. The Hall–Kier alpha value is -2.44. The van der Waals surface area contributed by atoms with E-state index in [0.717, 1.165) is 31.9 Å². The van der Waals surface area contributed by atoms with Gasteiger partial charge in [-0.3, -0.25) is 4.90 Å². The summed E-state index contributed by atoms with van der Waals surface area (Å²) in [7, 11) is 3.29. The maximum Gasteiger partial charge on any atom is 0.161 e. The summed E-state index contributed by atoms with van der Waals surface area (Å²) in [6, 6.07) is 15.6. The van der Waals surface area contributed by atoms with Crippen LogP contribution in [-0.4, -0.2) is 69.7 Å². The van der Waals surface area contributed by atoms with Gasteiger partial charge in [0, 0.05) is 38.4 Å². The quantitative estimate of drug-likeness (QED) is 0.767. The fraction of sp³-hybridized carbons (Fsp3) is 0.429.